The summed E-state index contributed by atoms with van der Waals surface area (Å²) in [5.74, 6) is 0.873. The third-order valence-corrected chi connectivity index (χ3v) is 5.40. The van der Waals surface area contributed by atoms with Crippen LogP contribution in [0.15, 0.2) is 29.2 Å². The first-order chi connectivity index (χ1) is 10.7. The van der Waals surface area contributed by atoms with Gasteiger partial charge in [-0.3, -0.25) is 4.79 Å². The van der Waals surface area contributed by atoms with Gasteiger partial charge < -0.3 is 9.80 Å². The van der Waals surface area contributed by atoms with Crippen molar-refractivity contribution in [3.05, 3.63) is 24.3 Å². The number of hydrogen-bond donors (Lipinski definition) is 1. The second-order valence-electron chi connectivity index (χ2n) is 6.35. The Labute approximate surface area is 138 Å². The van der Waals surface area contributed by atoms with Crippen LogP contribution >= 0.6 is 0 Å². The largest absolute Gasteiger partial charge is 0.373 e. The highest BCUT2D eigenvalue weighted by Gasteiger charge is 2.33. The molecule has 2 N–H and O–H groups in total. The zero-order chi connectivity index (χ0) is 17.2. The summed E-state index contributed by atoms with van der Waals surface area (Å²) in [6.07, 6.45) is 2.33. The minimum absolute atomic E-state index is 0.0974. The van der Waals surface area contributed by atoms with E-state index in [1.165, 1.54) is 12.1 Å². The molecule has 1 aliphatic rings. The molecule has 0 aliphatic heterocycles. The number of benzene rings is 1. The number of amides is 1. The van der Waals surface area contributed by atoms with Crippen molar-refractivity contribution in [2.75, 3.05) is 32.1 Å². The quantitative estimate of drug-likeness (QED) is 0.811. The lowest BCUT2D eigenvalue weighted by Gasteiger charge is -2.25. The molecule has 1 aromatic rings. The molecule has 1 aromatic carbocycles. The van der Waals surface area contributed by atoms with Crippen LogP contribution in [0, 0.1) is 11.8 Å². The predicted molar refractivity (Wildman–Crippen MR) is 90.6 cm³/mol. The summed E-state index contributed by atoms with van der Waals surface area (Å²) in [6, 6.07) is 6.42. The first-order valence-electron chi connectivity index (χ1n) is 7.79. The molecule has 1 saturated carbocycles. The average molecular weight is 339 g/mol. The van der Waals surface area contributed by atoms with Crippen molar-refractivity contribution in [3.8, 4) is 0 Å². The molecule has 0 heterocycles. The summed E-state index contributed by atoms with van der Waals surface area (Å²) in [5, 5.41) is 5.09. The Bertz CT molecular complexity index is 654. The van der Waals surface area contributed by atoms with Crippen molar-refractivity contribution in [1.82, 2.24) is 4.90 Å². The summed E-state index contributed by atoms with van der Waals surface area (Å²) in [5.41, 5.74) is 0.883. The molecule has 23 heavy (non-hydrogen) atoms. The van der Waals surface area contributed by atoms with Gasteiger partial charge in [-0.2, -0.15) is 0 Å². The number of sulfonamides is 1. The fourth-order valence-electron chi connectivity index (χ4n) is 2.58. The van der Waals surface area contributed by atoms with Gasteiger partial charge in [0.1, 0.15) is 0 Å². The predicted octanol–water partition coefficient (Wildman–Crippen LogP) is 1.27. The molecule has 0 bridgehead atoms. The summed E-state index contributed by atoms with van der Waals surface area (Å²) in [6.45, 7) is 3.31. The summed E-state index contributed by atoms with van der Waals surface area (Å²) >= 11 is 0. The summed E-state index contributed by atoms with van der Waals surface area (Å²) < 4.78 is 22.5. The Morgan fingerprint density at radius 1 is 1.22 bits per heavy atom. The molecule has 7 heteroatoms. The van der Waals surface area contributed by atoms with Crippen molar-refractivity contribution >= 4 is 21.6 Å². The number of anilines is 1. The van der Waals surface area contributed by atoms with E-state index in [-0.39, 0.29) is 16.7 Å². The van der Waals surface area contributed by atoms with E-state index in [1.54, 1.807) is 17.0 Å². The van der Waals surface area contributed by atoms with Gasteiger partial charge in [-0.25, -0.2) is 13.6 Å². The maximum atomic E-state index is 12.3. The van der Waals surface area contributed by atoms with Gasteiger partial charge in [0.05, 0.1) is 4.90 Å². The molecule has 128 valence electrons. The maximum absolute atomic E-state index is 12.3. The minimum Gasteiger partial charge on any atom is -0.373 e. The van der Waals surface area contributed by atoms with Crippen molar-refractivity contribution in [3.63, 3.8) is 0 Å². The van der Waals surface area contributed by atoms with Crippen LogP contribution in [-0.2, 0) is 14.8 Å². The lowest BCUT2D eigenvalue weighted by atomic mass is 10.1. The van der Waals surface area contributed by atoms with Gasteiger partial charge in [-0.15, -0.1) is 0 Å². The number of primary sulfonamides is 1. The van der Waals surface area contributed by atoms with Gasteiger partial charge in [0.15, 0.2) is 0 Å². The number of nitrogens with zero attached hydrogens (tertiary/aromatic N) is 2. The van der Waals surface area contributed by atoms with Crippen LogP contribution in [0.25, 0.3) is 0 Å². The van der Waals surface area contributed by atoms with Crippen molar-refractivity contribution < 1.29 is 13.2 Å². The maximum Gasteiger partial charge on any atom is 0.238 e. The zero-order valence-corrected chi connectivity index (χ0v) is 14.7. The van der Waals surface area contributed by atoms with Gasteiger partial charge >= 0.3 is 0 Å². The Balaban J connectivity index is 1.88. The Kier molecular flexibility index (Phi) is 5.31. The molecule has 6 nitrogen and oxygen atoms in total. The third-order valence-electron chi connectivity index (χ3n) is 4.47. The van der Waals surface area contributed by atoms with Gasteiger partial charge in [0.2, 0.25) is 15.9 Å². The van der Waals surface area contributed by atoms with Gasteiger partial charge in [0.25, 0.3) is 0 Å². The monoisotopic (exact) mass is 339 g/mol. The Hall–Kier alpha value is -1.60. The standard InChI is InChI=1S/C16H25N3O3S/c1-12(13-4-5-13)16(20)19(3)11-10-18(2)14-6-8-15(9-7-14)23(17,21)22/h6-9,12-13H,4-5,10-11H2,1-3H3,(H2,17,21,22)/t12-/m0/s1. The van der Waals surface area contributed by atoms with E-state index in [9.17, 15) is 13.2 Å². The van der Waals surface area contributed by atoms with E-state index in [0.717, 1.165) is 18.5 Å². The van der Waals surface area contributed by atoms with E-state index >= 15 is 0 Å². The molecule has 2 rings (SSSR count). The van der Waals surface area contributed by atoms with Gasteiger partial charge in [-0.05, 0) is 43.0 Å². The van der Waals surface area contributed by atoms with Crippen LogP contribution in [0.2, 0.25) is 0 Å². The van der Waals surface area contributed by atoms with Crippen LogP contribution in [0.1, 0.15) is 19.8 Å². The van der Waals surface area contributed by atoms with Gasteiger partial charge in [0, 0.05) is 38.8 Å². The van der Waals surface area contributed by atoms with Crippen LogP contribution in [0.5, 0.6) is 0 Å². The smallest absolute Gasteiger partial charge is 0.238 e. The summed E-state index contributed by atoms with van der Waals surface area (Å²) in [7, 11) is 0.0783. The van der Waals surface area contributed by atoms with Crippen LogP contribution in [0.4, 0.5) is 5.69 Å². The molecule has 0 spiro atoms. The lowest BCUT2D eigenvalue weighted by Crippen LogP contribution is -2.38. The lowest BCUT2D eigenvalue weighted by molar-refractivity contribution is -0.134. The van der Waals surface area contributed by atoms with Crippen LogP contribution < -0.4 is 10.0 Å². The van der Waals surface area contributed by atoms with Crippen molar-refractivity contribution in [1.29, 1.82) is 0 Å². The molecule has 0 aromatic heterocycles. The second-order valence-corrected chi connectivity index (χ2v) is 7.91. The van der Waals surface area contributed by atoms with Crippen molar-refractivity contribution in [2.24, 2.45) is 17.0 Å². The SMILES string of the molecule is C[C@H](C(=O)N(C)CCN(C)c1ccc(S(N)(=O)=O)cc1)C1CC1. The normalized spacial score (nSPS) is 16.0. The first-order valence-corrected chi connectivity index (χ1v) is 9.33. The molecule has 1 aliphatic carbocycles. The number of rotatable bonds is 7. The fraction of sp³-hybridized carbons (Fsp3) is 0.562. The Morgan fingerprint density at radius 2 is 1.78 bits per heavy atom. The molecule has 1 fully saturated rings. The van der Waals surface area contributed by atoms with Crippen LogP contribution in [-0.4, -0.2) is 46.4 Å². The average Bonchev–Trinajstić information content (AvgIpc) is 3.34. The topological polar surface area (TPSA) is 83.7 Å². The third kappa shape index (κ3) is 4.68. The molecule has 0 saturated heterocycles. The molecular weight excluding hydrogens is 314 g/mol. The number of carbonyl (C=O) groups excluding carboxylic acids is 1. The van der Waals surface area contributed by atoms with Crippen LogP contribution in [0.3, 0.4) is 0 Å². The highest BCUT2D eigenvalue weighted by Crippen LogP contribution is 2.37. The van der Waals surface area contributed by atoms with E-state index in [1.807, 2.05) is 25.9 Å². The second kappa shape index (κ2) is 6.88. The Morgan fingerprint density at radius 3 is 2.26 bits per heavy atom. The highest BCUT2D eigenvalue weighted by molar-refractivity contribution is 7.89. The molecule has 0 unspecified atom stereocenters. The number of nitrogens with two attached hydrogens (primary N) is 1. The number of hydrogen-bond acceptors (Lipinski definition) is 4. The molecule has 0 radical (unpaired) electrons. The van der Waals surface area contributed by atoms with E-state index in [2.05, 4.69) is 0 Å². The van der Waals surface area contributed by atoms with Gasteiger partial charge in [-0.1, -0.05) is 6.92 Å². The highest BCUT2D eigenvalue weighted by atomic mass is 32.2. The summed E-state index contributed by atoms with van der Waals surface area (Å²) in [4.78, 5) is 16.1. The van der Waals surface area contributed by atoms with E-state index in [4.69, 9.17) is 5.14 Å². The fourth-order valence-corrected chi connectivity index (χ4v) is 3.09. The van der Waals surface area contributed by atoms with Crippen molar-refractivity contribution in [2.45, 2.75) is 24.7 Å². The zero-order valence-electron chi connectivity index (χ0n) is 13.9. The molecule has 1 atom stereocenters. The van der Waals surface area contributed by atoms with E-state index < -0.39 is 10.0 Å². The molecular formula is C16H25N3O3S. The molecule has 1 amide bonds. The number of likely N-dealkylation sites (N-methyl/N-ethyl adjacent to an activating group) is 2. The number of carbonyl (C=O) groups is 1. The minimum atomic E-state index is -3.67. The van der Waals surface area contributed by atoms with E-state index in [0.29, 0.717) is 19.0 Å². The first kappa shape index (κ1) is 17.7.